The van der Waals surface area contributed by atoms with Crippen LogP contribution in [-0.2, 0) is 4.79 Å². The van der Waals surface area contributed by atoms with Crippen LogP contribution < -0.4 is 10.1 Å². The molecule has 0 saturated heterocycles. The van der Waals surface area contributed by atoms with Gasteiger partial charge in [0.25, 0.3) is 0 Å². The lowest BCUT2D eigenvalue weighted by atomic mass is 10.1. The maximum Gasteiger partial charge on any atom is 0.397 e. The van der Waals surface area contributed by atoms with E-state index in [0.29, 0.717) is 11.6 Å². The Labute approximate surface area is 177 Å². The van der Waals surface area contributed by atoms with E-state index < -0.39 is 18.4 Å². The maximum atomic E-state index is 13.8. The second kappa shape index (κ2) is 7.58. The van der Waals surface area contributed by atoms with Gasteiger partial charge in [-0.2, -0.15) is 8.78 Å². The average Bonchev–Trinajstić information content (AvgIpc) is 3.35. The van der Waals surface area contributed by atoms with Crippen molar-refractivity contribution in [3.05, 3.63) is 46.6 Å². The van der Waals surface area contributed by atoms with Gasteiger partial charge in [-0.25, -0.2) is 4.98 Å². The lowest BCUT2D eigenvalue weighted by Gasteiger charge is -2.16. The molecule has 1 fully saturated rings. The van der Waals surface area contributed by atoms with Crippen molar-refractivity contribution in [1.82, 2.24) is 14.4 Å². The van der Waals surface area contributed by atoms with Crippen LogP contribution in [0.3, 0.4) is 0 Å². The third kappa shape index (κ3) is 4.14. The Hall–Kier alpha value is -2.61. The summed E-state index contributed by atoms with van der Waals surface area (Å²) in [6.45, 7) is 4.95. The SMILES string of the molecule is CCC(F)(F)Oc1cc(Cl)cn2cc([C@@H](C)C(=O)Nc3cc(C4CC4)[nH]c3C)nc12. The van der Waals surface area contributed by atoms with Crippen LogP contribution in [0.4, 0.5) is 14.5 Å². The highest BCUT2D eigenvalue weighted by Crippen LogP contribution is 2.41. The summed E-state index contributed by atoms with van der Waals surface area (Å²) in [5.41, 5.74) is 3.38. The Balaban J connectivity index is 1.58. The van der Waals surface area contributed by atoms with E-state index >= 15 is 0 Å². The predicted octanol–water partition coefficient (Wildman–Crippen LogP) is 5.63. The summed E-state index contributed by atoms with van der Waals surface area (Å²) < 4.78 is 33.9. The van der Waals surface area contributed by atoms with E-state index in [1.165, 1.54) is 23.6 Å². The molecule has 1 amide bonds. The highest BCUT2D eigenvalue weighted by molar-refractivity contribution is 6.30. The number of hydrogen-bond acceptors (Lipinski definition) is 3. The fourth-order valence-electron chi connectivity index (χ4n) is 3.27. The fourth-order valence-corrected chi connectivity index (χ4v) is 3.48. The van der Waals surface area contributed by atoms with E-state index in [4.69, 9.17) is 16.3 Å². The zero-order chi connectivity index (χ0) is 21.6. The van der Waals surface area contributed by atoms with E-state index in [9.17, 15) is 13.6 Å². The number of imidazole rings is 1. The topological polar surface area (TPSA) is 71.4 Å². The molecular formula is C21H23ClF2N4O2. The first-order valence-electron chi connectivity index (χ1n) is 9.92. The number of halogens is 3. The highest BCUT2D eigenvalue weighted by atomic mass is 35.5. The fraction of sp³-hybridized carbons (Fsp3) is 0.429. The number of fused-ring (bicyclic) bond motifs is 1. The smallest absolute Gasteiger partial charge is 0.397 e. The number of nitrogens with zero attached hydrogens (tertiary/aromatic N) is 2. The molecule has 0 aromatic carbocycles. The van der Waals surface area contributed by atoms with Crippen LogP contribution in [0.15, 0.2) is 24.5 Å². The number of aromatic nitrogens is 3. The maximum absolute atomic E-state index is 13.8. The molecule has 30 heavy (non-hydrogen) atoms. The highest BCUT2D eigenvalue weighted by Gasteiger charge is 2.31. The van der Waals surface area contributed by atoms with Crippen molar-refractivity contribution in [2.75, 3.05) is 5.32 Å². The molecule has 9 heteroatoms. The van der Waals surface area contributed by atoms with E-state index in [-0.39, 0.29) is 22.3 Å². The Kier molecular flexibility index (Phi) is 5.22. The largest absolute Gasteiger partial charge is 0.429 e. The molecule has 1 atom stereocenters. The van der Waals surface area contributed by atoms with Gasteiger partial charge in [0.05, 0.1) is 22.3 Å². The van der Waals surface area contributed by atoms with Crippen molar-refractivity contribution >= 4 is 28.8 Å². The van der Waals surface area contributed by atoms with Gasteiger partial charge in [0.2, 0.25) is 5.91 Å². The summed E-state index contributed by atoms with van der Waals surface area (Å²) in [7, 11) is 0. The molecular weight excluding hydrogens is 414 g/mol. The zero-order valence-electron chi connectivity index (χ0n) is 16.9. The molecule has 1 saturated carbocycles. The lowest BCUT2D eigenvalue weighted by molar-refractivity contribution is -0.176. The molecule has 0 radical (unpaired) electrons. The molecule has 4 rings (SSSR count). The van der Waals surface area contributed by atoms with Gasteiger partial charge in [-0.3, -0.25) is 4.79 Å². The molecule has 6 nitrogen and oxygen atoms in total. The molecule has 2 N–H and O–H groups in total. The van der Waals surface area contributed by atoms with Crippen molar-refractivity contribution in [3.63, 3.8) is 0 Å². The summed E-state index contributed by atoms with van der Waals surface area (Å²) in [5, 5.41) is 3.16. The molecule has 3 aromatic rings. The summed E-state index contributed by atoms with van der Waals surface area (Å²) in [6.07, 6.45) is 1.63. The van der Waals surface area contributed by atoms with Gasteiger partial charge in [0.15, 0.2) is 11.4 Å². The molecule has 0 spiro atoms. The second-order valence-electron chi connectivity index (χ2n) is 7.76. The third-order valence-electron chi connectivity index (χ3n) is 5.32. The number of rotatable bonds is 7. The van der Waals surface area contributed by atoms with Gasteiger partial charge in [-0.15, -0.1) is 0 Å². The Morgan fingerprint density at radius 1 is 1.43 bits per heavy atom. The molecule has 0 unspecified atom stereocenters. The summed E-state index contributed by atoms with van der Waals surface area (Å²) in [4.78, 5) is 20.5. The first kappa shape index (κ1) is 20.7. The summed E-state index contributed by atoms with van der Waals surface area (Å²) in [5.74, 6) is -0.435. The van der Waals surface area contributed by atoms with Crippen LogP contribution in [0.5, 0.6) is 5.75 Å². The van der Waals surface area contributed by atoms with Crippen LogP contribution in [0.1, 0.15) is 62.0 Å². The number of amides is 1. The number of nitrogens with one attached hydrogen (secondary N) is 2. The van der Waals surface area contributed by atoms with Crippen LogP contribution in [0, 0.1) is 6.92 Å². The lowest BCUT2D eigenvalue weighted by Crippen LogP contribution is -2.23. The molecule has 0 aliphatic heterocycles. The number of anilines is 1. The van der Waals surface area contributed by atoms with Crippen LogP contribution in [0.25, 0.3) is 5.65 Å². The molecule has 1 aliphatic carbocycles. The van der Waals surface area contributed by atoms with Gasteiger partial charge >= 0.3 is 6.11 Å². The second-order valence-corrected chi connectivity index (χ2v) is 8.20. The third-order valence-corrected chi connectivity index (χ3v) is 5.53. The van der Waals surface area contributed by atoms with Crippen LogP contribution in [-0.4, -0.2) is 26.4 Å². The molecule has 3 aromatic heterocycles. The first-order chi connectivity index (χ1) is 14.2. The minimum atomic E-state index is -3.34. The number of carbonyl (C=O) groups is 1. The number of aryl methyl sites for hydroxylation is 1. The Bertz CT molecular complexity index is 1100. The molecule has 160 valence electrons. The minimum Gasteiger partial charge on any atom is -0.429 e. The normalized spacial score (nSPS) is 15.4. The monoisotopic (exact) mass is 436 g/mol. The molecule has 0 bridgehead atoms. The van der Waals surface area contributed by atoms with E-state index in [1.54, 1.807) is 13.1 Å². The van der Waals surface area contributed by atoms with Crippen molar-refractivity contribution in [2.45, 2.75) is 58.0 Å². The van der Waals surface area contributed by atoms with Crippen molar-refractivity contribution in [3.8, 4) is 5.75 Å². The predicted molar refractivity (Wildman–Crippen MR) is 111 cm³/mol. The van der Waals surface area contributed by atoms with Gasteiger partial charge in [-0.1, -0.05) is 18.5 Å². The Morgan fingerprint density at radius 3 is 2.83 bits per heavy atom. The van der Waals surface area contributed by atoms with Crippen molar-refractivity contribution in [2.24, 2.45) is 0 Å². The summed E-state index contributed by atoms with van der Waals surface area (Å²) in [6, 6.07) is 3.27. The van der Waals surface area contributed by atoms with Crippen LogP contribution in [0.2, 0.25) is 5.02 Å². The van der Waals surface area contributed by atoms with Gasteiger partial charge in [0.1, 0.15) is 0 Å². The van der Waals surface area contributed by atoms with E-state index in [2.05, 4.69) is 15.3 Å². The standard InChI is InChI=1S/C21H23ClF2N4O2/c1-4-21(23,24)30-18-7-14(22)9-28-10-17(26-19(18)28)11(2)20(29)27-15-8-16(13-5-6-13)25-12(15)3/h7-11,13,25H,4-6H2,1-3H3,(H,27,29)/t11-/m1/s1. The number of H-pyrrole nitrogens is 1. The number of carbonyl (C=O) groups excluding carboxylic acids is 1. The number of alkyl halides is 2. The number of pyridine rings is 1. The van der Waals surface area contributed by atoms with Gasteiger partial charge < -0.3 is 19.4 Å². The van der Waals surface area contributed by atoms with Gasteiger partial charge in [-0.05, 0) is 38.7 Å². The Morgan fingerprint density at radius 2 is 2.17 bits per heavy atom. The minimum absolute atomic E-state index is 0.135. The number of hydrogen-bond donors (Lipinski definition) is 2. The molecule has 3 heterocycles. The zero-order valence-corrected chi connectivity index (χ0v) is 17.7. The number of ether oxygens (including phenoxy) is 1. The summed E-state index contributed by atoms with van der Waals surface area (Å²) >= 11 is 6.05. The van der Waals surface area contributed by atoms with Crippen LogP contribution >= 0.6 is 11.6 Å². The quantitative estimate of drug-likeness (QED) is 0.504. The van der Waals surface area contributed by atoms with E-state index in [0.717, 1.165) is 29.9 Å². The number of aromatic amines is 1. The van der Waals surface area contributed by atoms with Crippen molar-refractivity contribution in [1.29, 1.82) is 0 Å². The first-order valence-corrected chi connectivity index (χ1v) is 10.3. The van der Waals surface area contributed by atoms with Crippen molar-refractivity contribution < 1.29 is 18.3 Å². The molecule has 1 aliphatic rings. The van der Waals surface area contributed by atoms with Gasteiger partial charge in [0, 0.05) is 36.3 Å². The average molecular weight is 437 g/mol. The van der Waals surface area contributed by atoms with E-state index in [1.807, 2.05) is 13.0 Å².